The van der Waals surface area contributed by atoms with Crippen molar-refractivity contribution in [1.29, 1.82) is 0 Å². The minimum Gasteiger partial charge on any atom is -0.241 e. The summed E-state index contributed by atoms with van der Waals surface area (Å²) in [5.41, 5.74) is 3.29. The van der Waals surface area contributed by atoms with Crippen LogP contribution in [0.25, 0.3) is 12.2 Å². The lowest BCUT2D eigenvalue weighted by atomic mass is 9.93. The lowest BCUT2D eigenvalue weighted by molar-refractivity contribution is 0.633. The van der Waals surface area contributed by atoms with E-state index < -0.39 is 0 Å². The van der Waals surface area contributed by atoms with E-state index in [0.29, 0.717) is 0 Å². The number of fused-ring (bicyclic) bond motifs is 1. The van der Waals surface area contributed by atoms with Gasteiger partial charge in [0.25, 0.3) is 0 Å². The van der Waals surface area contributed by atoms with E-state index in [1.165, 1.54) is 0 Å². The monoisotopic (exact) mass is 186 g/mol. The molecule has 0 bridgehead atoms. The third-order valence-corrected chi connectivity index (χ3v) is 2.46. The van der Waals surface area contributed by atoms with Crippen molar-refractivity contribution < 1.29 is 0 Å². The fourth-order valence-corrected chi connectivity index (χ4v) is 1.49. The van der Waals surface area contributed by atoms with Gasteiger partial charge in [0.2, 0.25) is 0 Å². The average Bonchev–Trinajstić information content (AvgIpc) is 2.27. The quantitative estimate of drug-likeness (QED) is 0.622. The van der Waals surface area contributed by atoms with Crippen molar-refractivity contribution in [3.63, 3.8) is 0 Å². The van der Waals surface area contributed by atoms with Gasteiger partial charge < -0.3 is 0 Å². The molecule has 2 heteroatoms. The highest BCUT2D eigenvalue weighted by atomic mass is 14.8. The van der Waals surface area contributed by atoms with Crippen molar-refractivity contribution in [2.45, 2.75) is 20.8 Å². The van der Waals surface area contributed by atoms with Crippen LogP contribution in [0.5, 0.6) is 0 Å². The minimum atomic E-state index is 0.104. The van der Waals surface area contributed by atoms with E-state index in [1.54, 1.807) is 6.33 Å². The highest BCUT2D eigenvalue weighted by Crippen LogP contribution is 2.27. The molecule has 0 saturated carbocycles. The molecule has 0 fully saturated rings. The first-order valence-corrected chi connectivity index (χ1v) is 4.78. The van der Waals surface area contributed by atoms with Crippen molar-refractivity contribution in [2.24, 2.45) is 5.41 Å². The van der Waals surface area contributed by atoms with Gasteiger partial charge in [-0.25, -0.2) is 9.97 Å². The summed E-state index contributed by atoms with van der Waals surface area (Å²) < 4.78 is 0. The second-order valence-electron chi connectivity index (χ2n) is 4.25. The largest absolute Gasteiger partial charge is 0.241 e. The summed E-state index contributed by atoms with van der Waals surface area (Å²) in [5.74, 6) is 0. The Bertz CT molecular complexity index is 414. The van der Waals surface area contributed by atoms with Crippen LogP contribution in [0.1, 0.15) is 30.8 Å². The number of rotatable bonds is 0. The summed E-state index contributed by atoms with van der Waals surface area (Å²) in [4.78, 5) is 8.44. The zero-order valence-corrected chi connectivity index (χ0v) is 8.78. The topological polar surface area (TPSA) is 25.8 Å². The molecule has 2 nitrogen and oxygen atoms in total. The molecule has 0 atom stereocenters. The number of allylic oxidation sites excluding steroid dienone is 2. The van der Waals surface area contributed by atoms with E-state index in [-0.39, 0.29) is 5.41 Å². The summed E-state index contributed by atoms with van der Waals surface area (Å²) in [6, 6.07) is 0. The smallest absolute Gasteiger partial charge is 0.116 e. The van der Waals surface area contributed by atoms with Crippen molar-refractivity contribution in [3.8, 4) is 0 Å². The maximum atomic E-state index is 4.26. The molecule has 0 aromatic carbocycles. The Kier molecular flexibility index (Phi) is 1.99. The number of nitrogens with zero attached hydrogens (tertiary/aromatic N) is 2. The van der Waals surface area contributed by atoms with Gasteiger partial charge in [0.15, 0.2) is 0 Å². The molecule has 2 rings (SSSR count). The Hall–Kier alpha value is -1.44. The van der Waals surface area contributed by atoms with Gasteiger partial charge in [-0.2, -0.15) is 0 Å². The zero-order chi connectivity index (χ0) is 10.2. The molecule has 1 aromatic heterocycles. The van der Waals surface area contributed by atoms with Crippen LogP contribution in [0.15, 0.2) is 18.5 Å². The molecular formula is C12H14N2. The molecule has 0 radical (unpaired) electrons. The van der Waals surface area contributed by atoms with Crippen LogP contribution in [0.4, 0.5) is 0 Å². The van der Waals surface area contributed by atoms with Gasteiger partial charge in [0, 0.05) is 16.7 Å². The van der Waals surface area contributed by atoms with Crippen molar-refractivity contribution in [1.82, 2.24) is 9.97 Å². The third-order valence-electron chi connectivity index (χ3n) is 2.46. The van der Waals surface area contributed by atoms with E-state index in [2.05, 4.69) is 48.1 Å². The molecule has 0 saturated heterocycles. The number of aryl methyl sites for hydroxylation is 1. The van der Waals surface area contributed by atoms with Crippen molar-refractivity contribution in [3.05, 3.63) is 35.4 Å². The first kappa shape index (κ1) is 9.13. The van der Waals surface area contributed by atoms with Crippen LogP contribution >= 0.6 is 0 Å². The molecule has 1 aromatic rings. The molecule has 0 N–H and O–H groups in total. The Balaban J connectivity index is 2.60. The van der Waals surface area contributed by atoms with Crippen LogP contribution in [-0.2, 0) is 0 Å². The lowest BCUT2D eigenvalue weighted by Crippen LogP contribution is -2.00. The van der Waals surface area contributed by atoms with Gasteiger partial charge in [-0.3, -0.25) is 0 Å². The normalized spacial score (nSPS) is 17.6. The summed E-state index contributed by atoms with van der Waals surface area (Å²) in [6.07, 6.45) is 10.2. The highest BCUT2D eigenvalue weighted by Gasteiger charge is 2.14. The van der Waals surface area contributed by atoms with Crippen LogP contribution in [-0.4, -0.2) is 9.97 Å². The van der Waals surface area contributed by atoms with Gasteiger partial charge in [-0.1, -0.05) is 32.1 Å². The van der Waals surface area contributed by atoms with Crippen LogP contribution in [0.3, 0.4) is 0 Å². The van der Waals surface area contributed by atoms with Crippen LogP contribution < -0.4 is 0 Å². The van der Waals surface area contributed by atoms with Crippen LogP contribution in [0, 0.1) is 12.3 Å². The number of aromatic nitrogens is 2. The highest BCUT2D eigenvalue weighted by molar-refractivity contribution is 5.67. The Morgan fingerprint density at radius 1 is 1.07 bits per heavy atom. The Labute approximate surface area is 84.4 Å². The molecule has 1 heterocycles. The van der Waals surface area contributed by atoms with Gasteiger partial charge in [0.1, 0.15) is 6.33 Å². The molecule has 1 aliphatic rings. The average molecular weight is 186 g/mol. The van der Waals surface area contributed by atoms with E-state index in [4.69, 9.17) is 0 Å². The summed E-state index contributed by atoms with van der Waals surface area (Å²) >= 11 is 0. The first-order valence-electron chi connectivity index (χ1n) is 4.78. The Morgan fingerprint density at radius 2 is 1.79 bits per heavy atom. The summed E-state index contributed by atoms with van der Waals surface area (Å²) in [6.45, 7) is 6.36. The predicted octanol–water partition coefficient (Wildman–Crippen LogP) is 2.85. The molecule has 0 spiro atoms. The molecule has 14 heavy (non-hydrogen) atoms. The molecule has 1 aliphatic carbocycles. The Morgan fingerprint density at radius 3 is 2.57 bits per heavy atom. The van der Waals surface area contributed by atoms with Crippen molar-refractivity contribution in [2.75, 3.05) is 0 Å². The van der Waals surface area contributed by atoms with Gasteiger partial charge in [-0.05, 0) is 13.0 Å². The van der Waals surface area contributed by atoms with E-state index in [9.17, 15) is 0 Å². The molecule has 0 amide bonds. The maximum Gasteiger partial charge on any atom is 0.116 e. The fourth-order valence-electron chi connectivity index (χ4n) is 1.49. The fraction of sp³-hybridized carbons (Fsp3) is 0.333. The lowest BCUT2D eigenvalue weighted by Gasteiger charge is -2.11. The number of hydrogen-bond donors (Lipinski definition) is 0. The summed E-state index contributed by atoms with van der Waals surface area (Å²) in [5, 5.41) is 0. The van der Waals surface area contributed by atoms with Crippen molar-refractivity contribution >= 4 is 12.2 Å². The van der Waals surface area contributed by atoms with Gasteiger partial charge >= 0.3 is 0 Å². The zero-order valence-electron chi connectivity index (χ0n) is 8.78. The first-order chi connectivity index (χ1) is 6.58. The van der Waals surface area contributed by atoms with E-state index >= 15 is 0 Å². The minimum absolute atomic E-state index is 0.104. The SMILES string of the molecule is Cc1ncnc2c1C=CC(C)(C)C=C2. The van der Waals surface area contributed by atoms with E-state index in [0.717, 1.165) is 17.0 Å². The summed E-state index contributed by atoms with van der Waals surface area (Å²) in [7, 11) is 0. The number of hydrogen-bond acceptors (Lipinski definition) is 2. The predicted molar refractivity (Wildman–Crippen MR) is 58.6 cm³/mol. The molecular weight excluding hydrogens is 172 g/mol. The second-order valence-corrected chi connectivity index (χ2v) is 4.25. The second kappa shape index (κ2) is 3.05. The van der Waals surface area contributed by atoms with Crippen LogP contribution in [0.2, 0.25) is 0 Å². The maximum absolute atomic E-state index is 4.26. The van der Waals surface area contributed by atoms with Gasteiger partial charge in [-0.15, -0.1) is 0 Å². The standard InChI is InChI=1S/C12H14N2/c1-9-10-4-6-12(2,3)7-5-11(10)14-8-13-9/h4-8H,1-3H3. The molecule has 0 unspecified atom stereocenters. The molecule has 0 aliphatic heterocycles. The van der Waals surface area contributed by atoms with Gasteiger partial charge in [0.05, 0.1) is 5.69 Å². The van der Waals surface area contributed by atoms with E-state index in [1.807, 2.05) is 6.92 Å². The third kappa shape index (κ3) is 1.60. The molecule has 72 valence electrons.